The quantitative estimate of drug-likeness (QED) is 0.855. The molecule has 0 heterocycles. The number of carbonyl (C=O) groups is 2. The fraction of sp³-hybridized carbons (Fsp3) is 0.125. The number of benzene rings is 2. The van der Waals surface area contributed by atoms with Gasteiger partial charge in [-0.2, -0.15) is 0 Å². The second-order valence-electron chi connectivity index (χ2n) is 4.29. The zero-order valence-electron chi connectivity index (χ0n) is 11.4. The lowest BCUT2D eigenvalue weighted by Gasteiger charge is -2.10. The van der Waals surface area contributed by atoms with Crippen molar-refractivity contribution in [2.75, 3.05) is 0 Å². The smallest absolute Gasteiger partial charge is 0.336 e. The van der Waals surface area contributed by atoms with E-state index in [1.54, 1.807) is 24.3 Å². The summed E-state index contributed by atoms with van der Waals surface area (Å²) in [5.74, 6) is -1.31. The Kier molecular flexibility index (Phi) is 5.00. The largest absolute Gasteiger partial charge is 0.478 e. The number of ether oxygens (including phenoxy) is 1. The summed E-state index contributed by atoms with van der Waals surface area (Å²) in [6.45, 7) is 1.53. The number of aromatic carboxylic acids is 1. The summed E-state index contributed by atoms with van der Waals surface area (Å²) in [7, 11) is 0. The van der Waals surface area contributed by atoms with E-state index in [0.29, 0.717) is 4.90 Å². The number of carboxylic acids is 1. The van der Waals surface area contributed by atoms with Crippen molar-refractivity contribution in [2.24, 2.45) is 0 Å². The molecule has 0 radical (unpaired) electrons. The van der Waals surface area contributed by atoms with Gasteiger partial charge in [0.25, 0.3) is 0 Å². The van der Waals surface area contributed by atoms with Gasteiger partial charge in [-0.25, -0.2) is 4.79 Å². The SMILES string of the molecule is CC(=O)OCc1ccccc1Sc1ccccc1C(=O)O. The molecule has 1 N–H and O–H groups in total. The molecule has 2 aromatic rings. The lowest BCUT2D eigenvalue weighted by molar-refractivity contribution is -0.142. The molecule has 0 unspecified atom stereocenters. The Morgan fingerprint density at radius 1 is 1.05 bits per heavy atom. The number of carbonyl (C=O) groups excluding carboxylic acids is 1. The van der Waals surface area contributed by atoms with Crippen LogP contribution in [0.1, 0.15) is 22.8 Å². The van der Waals surface area contributed by atoms with Crippen molar-refractivity contribution in [3.05, 3.63) is 59.7 Å². The highest BCUT2D eigenvalue weighted by Gasteiger charge is 2.12. The van der Waals surface area contributed by atoms with Crippen LogP contribution in [0.3, 0.4) is 0 Å². The van der Waals surface area contributed by atoms with Gasteiger partial charge in [-0.15, -0.1) is 0 Å². The Morgan fingerprint density at radius 3 is 2.33 bits per heavy atom. The Morgan fingerprint density at radius 2 is 1.67 bits per heavy atom. The van der Waals surface area contributed by atoms with E-state index < -0.39 is 5.97 Å². The van der Waals surface area contributed by atoms with Gasteiger partial charge in [0.2, 0.25) is 0 Å². The summed E-state index contributed by atoms with van der Waals surface area (Å²) in [6.07, 6.45) is 0. The van der Waals surface area contributed by atoms with Gasteiger partial charge in [-0.05, 0) is 18.2 Å². The third-order valence-electron chi connectivity index (χ3n) is 2.74. The van der Waals surface area contributed by atoms with E-state index in [1.165, 1.54) is 18.7 Å². The summed E-state index contributed by atoms with van der Waals surface area (Å²) < 4.78 is 5.02. The molecule has 4 nitrogen and oxygen atoms in total. The Bertz CT molecular complexity index is 667. The van der Waals surface area contributed by atoms with Crippen molar-refractivity contribution in [3.8, 4) is 0 Å². The first-order chi connectivity index (χ1) is 10.1. The molecule has 0 fully saturated rings. The third-order valence-corrected chi connectivity index (χ3v) is 3.94. The maximum Gasteiger partial charge on any atom is 0.336 e. The summed E-state index contributed by atoms with van der Waals surface area (Å²) >= 11 is 1.35. The third kappa shape index (κ3) is 4.10. The first kappa shape index (κ1) is 15.1. The topological polar surface area (TPSA) is 63.6 Å². The van der Waals surface area contributed by atoms with E-state index in [9.17, 15) is 14.7 Å². The average Bonchev–Trinajstić information content (AvgIpc) is 2.46. The minimum absolute atomic E-state index is 0.174. The molecule has 2 rings (SSSR count). The molecule has 0 aromatic heterocycles. The maximum absolute atomic E-state index is 11.2. The molecule has 108 valence electrons. The van der Waals surface area contributed by atoms with Crippen LogP contribution in [0.15, 0.2) is 58.3 Å². The first-order valence-corrected chi connectivity index (χ1v) is 7.11. The monoisotopic (exact) mass is 302 g/mol. The number of hydrogen-bond acceptors (Lipinski definition) is 4. The molecule has 0 aliphatic carbocycles. The van der Waals surface area contributed by atoms with Crippen LogP contribution in [0.25, 0.3) is 0 Å². The fourth-order valence-electron chi connectivity index (χ4n) is 1.75. The van der Waals surface area contributed by atoms with Crippen molar-refractivity contribution in [1.82, 2.24) is 0 Å². The van der Waals surface area contributed by atoms with Crippen molar-refractivity contribution in [1.29, 1.82) is 0 Å². The van der Waals surface area contributed by atoms with E-state index in [2.05, 4.69) is 0 Å². The summed E-state index contributed by atoms with van der Waals surface area (Å²) in [5.41, 5.74) is 1.10. The zero-order valence-corrected chi connectivity index (χ0v) is 12.2. The maximum atomic E-state index is 11.2. The van der Waals surface area contributed by atoms with Gasteiger partial charge in [0, 0.05) is 22.3 Å². The highest BCUT2D eigenvalue weighted by Crippen LogP contribution is 2.33. The van der Waals surface area contributed by atoms with Crippen LogP contribution in [0, 0.1) is 0 Å². The molecule has 5 heteroatoms. The van der Waals surface area contributed by atoms with Gasteiger partial charge < -0.3 is 9.84 Å². The van der Waals surface area contributed by atoms with Crippen molar-refractivity contribution in [2.45, 2.75) is 23.3 Å². The number of rotatable bonds is 5. The standard InChI is InChI=1S/C16H14O4S/c1-11(17)20-10-12-6-2-4-8-14(12)21-15-9-5-3-7-13(15)16(18)19/h2-9H,10H2,1H3,(H,18,19). The molecule has 0 aliphatic heterocycles. The minimum atomic E-state index is -0.962. The molecule has 0 aliphatic rings. The highest BCUT2D eigenvalue weighted by atomic mass is 32.2. The van der Waals surface area contributed by atoms with Crippen LogP contribution in [-0.2, 0) is 16.1 Å². The van der Waals surface area contributed by atoms with Gasteiger partial charge in [0.05, 0.1) is 5.56 Å². The number of esters is 1. The normalized spacial score (nSPS) is 10.1. The van der Waals surface area contributed by atoms with Crippen molar-refractivity contribution in [3.63, 3.8) is 0 Å². The highest BCUT2D eigenvalue weighted by molar-refractivity contribution is 7.99. The molecule has 21 heavy (non-hydrogen) atoms. The second-order valence-corrected chi connectivity index (χ2v) is 5.38. The molecule has 0 spiro atoms. The summed E-state index contributed by atoms with van der Waals surface area (Å²) in [4.78, 5) is 23.7. The minimum Gasteiger partial charge on any atom is -0.478 e. The molecule has 2 aromatic carbocycles. The summed E-state index contributed by atoms with van der Waals surface area (Å²) in [6, 6.07) is 14.3. The molecular weight excluding hydrogens is 288 g/mol. The van der Waals surface area contributed by atoms with E-state index in [0.717, 1.165) is 10.5 Å². The molecule has 0 amide bonds. The van der Waals surface area contributed by atoms with Crippen LogP contribution in [-0.4, -0.2) is 17.0 Å². The predicted molar refractivity (Wildman–Crippen MR) is 79.4 cm³/mol. The molecule has 0 saturated heterocycles. The average molecular weight is 302 g/mol. The van der Waals surface area contributed by atoms with Crippen LogP contribution < -0.4 is 0 Å². The van der Waals surface area contributed by atoms with Crippen LogP contribution >= 0.6 is 11.8 Å². The lowest BCUT2D eigenvalue weighted by Crippen LogP contribution is -2.01. The predicted octanol–water partition coefficient (Wildman–Crippen LogP) is 3.60. The van der Waals surface area contributed by atoms with Crippen molar-refractivity contribution < 1.29 is 19.4 Å². The molecular formula is C16H14O4S. The van der Waals surface area contributed by atoms with E-state index in [1.807, 2.05) is 24.3 Å². The molecule has 0 saturated carbocycles. The lowest BCUT2D eigenvalue weighted by atomic mass is 10.2. The Hall–Kier alpha value is -2.27. The van der Waals surface area contributed by atoms with Crippen molar-refractivity contribution >= 4 is 23.7 Å². The molecule has 0 atom stereocenters. The Balaban J connectivity index is 2.28. The fourth-order valence-corrected chi connectivity index (χ4v) is 2.81. The second kappa shape index (κ2) is 6.95. The summed E-state index contributed by atoms with van der Waals surface area (Å²) in [5, 5.41) is 9.21. The van der Waals surface area contributed by atoms with Gasteiger partial charge >= 0.3 is 11.9 Å². The number of carboxylic acid groups (broad SMARTS) is 1. The van der Waals surface area contributed by atoms with Crippen LogP contribution in [0.2, 0.25) is 0 Å². The van der Waals surface area contributed by atoms with Crippen LogP contribution in [0.4, 0.5) is 0 Å². The number of hydrogen-bond donors (Lipinski definition) is 1. The molecule has 0 bridgehead atoms. The van der Waals surface area contributed by atoms with E-state index in [-0.39, 0.29) is 18.1 Å². The first-order valence-electron chi connectivity index (χ1n) is 6.29. The Labute approximate surface area is 126 Å². The van der Waals surface area contributed by atoms with Crippen LogP contribution in [0.5, 0.6) is 0 Å². The van der Waals surface area contributed by atoms with Gasteiger partial charge in [0.1, 0.15) is 6.61 Å². The van der Waals surface area contributed by atoms with Gasteiger partial charge in [-0.3, -0.25) is 4.79 Å². The van der Waals surface area contributed by atoms with Gasteiger partial charge in [-0.1, -0.05) is 42.1 Å². The van der Waals surface area contributed by atoms with E-state index in [4.69, 9.17) is 4.74 Å². The van der Waals surface area contributed by atoms with Gasteiger partial charge in [0.15, 0.2) is 0 Å². The van der Waals surface area contributed by atoms with E-state index >= 15 is 0 Å². The zero-order chi connectivity index (χ0) is 15.2.